The van der Waals surface area contributed by atoms with E-state index in [0.717, 1.165) is 40.4 Å². The number of para-hydroxylation sites is 2. The van der Waals surface area contributed by atoms with Gasteiger partial charge < -0.3 is 4.57 Å². The van der Waals surface area contributed by atoms with Gasteiger partial charge in [0.1, 0.15) is 0 Å². The number of aromatic nitrogens is 3. The molecule has 1 aliphatic heterocycles. The van der Waals surface area contributed by atoms with Gasteiger partial charge in [-0.15, -0.1) is 0 Å². The molecule has 0 saturated heterocycles. The highest BCUT2D eigenvalue weighted by Crippen LogP contribution is 2.43. The van der Waals surface area contributed by atoms with Crippen molar-refractivity contribution in [3.8, 4) is 50.7 Å². The average Bonchev–Trinajstić information content (AvgIpc) is 3.93. The molecule has 57 heavy (non-hydrogen) atoms. The highest BCUT2D eigenvalue weighted by Gasteiger charge is 2.48. The number of hydrogen-bond donors (Lipinski definition) is 0. The van der Waals surface area contributed by atoms with Gasteiger partial charge in [0, 0.05) is 45.1 Å². The molecule has 8 aromatic carbocycles. The largest absolute Gasteiger partial charge is 0.309 e. The predicted molar refractivity (Wildman–Crippen MR) is 238 cm³/mol. The third-order valence-electron chi connectivity index (χ3n) is 12.3. The van der Waals surface area contributed by atoms with Crippen molar-refractivity contribution >= 4 is 50.6 Å². The van der Waals surface area contributed by atoms with E-state index in [1.54, 1.807) is 0 Å². The van der Waals surface area contributed by atoms with E-state index in [0.29, 0.717) is 0 Å². The maximum absolute atomic E-state index is 5.49. The first-order valence-electron chi connectivity index (χ1n) is 19.7. The van der Waals surface area contributed by atoms with Crippen LogP contribution in [0.3, 0.4) is 0 Å². The number of fused-ring (bicyclic) bond motifs is 9. The number of nitrogens with zero attached hydrogens (tertiary/aromatic N) is 3. The van der Waals surface area contributed by atoms with Gasteiger partial charge in [-0.05, 0) is 61.7 Å². The maximum Gasteiger partial charge on any atom is 0.180 e. The van der Waals surface area contributed by atoms with Gasteiger partial charge in [0.2, 0.25) is 0 Å². The molecule has 0 unspecified atom stereocenters. The lowest BCUT2D eigenvalue weighted by atomic mass is 9.99. The fraction of sp³-hybridized carbons (Fsp3) is 0.0189. The molecule has 2 aromatic heterocycles. The van der Waals surface area contributed by atoms with Gasteiger partial charge >= 0.3 is 0 Å². The van der Waals surface area contributed by atoms with E-state index in [2.05, 4.69) is 205 Å². The van der Waals surface area contributed by atoms with E-state index in [4.69, 9.17) is 9.97 Å². The average molecular weight is 742 g/mol. The van der Waals surface area contributed by atoms with E-state index in [1.165, 1.54) is 70.4 Å². The van der Waals surface area contributed by atoms with Gasteiger partial charge in [-0.3, -0.25) is 0 Å². The molecule has 0 saturated carbocycles. The summed E-state index contributed by atoms with van der Waals surface area (Å²) in [5.74, 6) is 0.748. The molecule has 0 radical (unpaired) electrons. The van der Waals surface area contributed by atoms with Crippen LogP contribution in [0.1, 0.15) is 11.1 Å². The van der Waals surface area contributed by atoms with Crippen LogP contribution in [0.15, 0.2) is 200 Å². The van der Waals surface area contributed by atoms with Crippen LogP contribution < -0.4 is 20.7 Å². The van der Waals surface area contributed by atoms with Gasteiger partial charge in [-0.1, -0.05) is 176 Å². The maximum atomic E-state index is 5.49. The second-order valence-electron chi connectivity index (χ2n) is 15.3. The second kappa shape index (κ2) is 12.4. The molecule has 3 nitrogen and oxygen atoms in total. The Morgan fingerprint density at radius 1 is 0.421 bits per heavy atom. The molecule has 0 N–H and O–H groups in total. The molecule has 266 valence electrons. The minimum absolute atomic E-state index is 0.748. The Kier molecular flexibility index (Phi) is 7.01. The summed E-state index contributed by atoms with van der Waals surface area (Å²) in [5.41, 5.74) is 14.0. The Hall–Kier alpha value is -7.14. The van der Waals surface area contributed by atoms with Gasteiger partial charge in [0.15, 0.2) is 13.9 Å². The number of hydrogen-bond acceptors (Lipinski definition) is 2. The van der Waals surface area contributed by atoms with Gasteiger partial charge in [-0.25, -0.2) is 9.97 Å². The Labute approximate surface area is 332 Å². The zero-order chi connectivity index (χ0) is 37.5. The summed E-state index contributed by atoms with van der Waals surface area (Å²) >= 11 is 0. The summed E-state index contributed by atoms with van der Waals surface area (Å²) in [6.07, 6.45) is 0.778. The summed E-state index contributed by atoms with van der Waals surface area (Å²) in [7, 11) is -2.69. The smallest absolute Gasteiger partial charge is 0.180 e. The standard InChI is InChI=1S/C53H35N3Si/c1-4-16-35(17-5-1)53-54-51(46-32-36-28-30-38(34-45(36)52(46)55-53)56-47-25-13-10-22-41(47)42-23-11-14-26-48(42)56)37-29-31-44-43-24-12-15-27-49(43)57(50(44)33-37,39-18-6-2-7-19-39)40-20-8-3-9-21-40/h1-31,33-34H,32H2. The summed E-state index contributed by atoms with van der Waals surface area (Å²) in [4.78, 5) is 10.9. The molecule has 0 spiro atoms. The summed E-state index contributed by atoms with van der Waals surface area (Å²) in [6.45, 7) is 0. The summed E-state index contributed by atoms with van der Waals surface area (Å²) < 4.78 is 2.40. The predicted octanol–water partition coefficient (Wildman–Crippen LogP) is 9.84. The zero-order valence-corrected chi connectivity index (χ0v) is 32.1. The zero-order valence-electron chi connectivity index (χ0n) is 31.1. The van der Waals surface area contributed by atoms with Gasteiger partial charge in [0.05, 0.1) is 22.4 Å². The lowest BCUT2D eigenvalue weighted by Crippen LogP contribution is -2.72. The Bertz CT molecular complexity index is 3110. The lowest BCUT2D eigenvalue weighted by Gasteiger charge is -2.31. The normalized spacial score (nSPS) is 13.3. The van der Waals surface area contributed by atoms with E-state index in [9.17, 15) is 0 Å². The number of rotatable bonds is 5. The van der Waals surface area contributed by atoms with Crippen LogP contribution in [0.25, 0.3) is 72.5 Å². The van der Waals surface area contributed by atoms with Crippen LogP contribution in [-0.4, -0.2) is 22.6 Å². The van der Waals surface area contributed by atoms with Crippen molar-refractivity contribution in [1.29, 1.82) is 0 Å². The van der Waals surface area contributed by atoms with Gasteiger partial charge in [-0.2, -0.15) is 0 Å². The van der Waals surface area contributed by atoms with E-state index in [-0.39, 0.29) is 0 Å². The fourth-order valence-electron chi connectivity index (χ4n) is 9.89. The van der Waals surface area contributed by atoms with Crippen molar-refractivity contribution in [3.63, 3.8) is 0 Å². The molecule has 10 aromatic rings. The van der Waals surface area contributed by atoms with Crippen LogP contribution in [-0.2, 0) is 6.42 Å². The van der Waals surface area contributed by atoms with Crippen molar-refractivity contribution in [1.82, 2.24) is 14.5 Å². The minimum atomic E-state index is -2.69. The Balaban J connectivity index is 1.10. The minimum Gasteiger partial charge on any atom is -0.309 e. The molecular weight excluding hydrogens is 707 g/mol. The van der Waals surface area contributed by atoms with Gasteiger partial charge in [0.25, 0.3) is 0 Å². The first-order chi connectivity index (χ1) is 28.3. The van der Waals surface area contributed by atoms with Crippen LogP contribution in [0.4, 0.5) is 0 Å². The van der Waals surface area contributed by atoms with Crippen LogP contribution in [0, 0.1) is 0 Å². The molecule has 1 aliphatic carbocycles. The molecule has 0 fully saturated rings. The monoisotopic (exact) mass is 741 g/mol. The number of benzene rings is 8. The summed E-state index contributed by atoms with van der Waals surface area (Å²) in [6, 6.07) is 73.5. The first kappa shape index (κ1) is 32.1. The van der Waals surface area contributed by atoms with Crippen molar-refractivity contribution in [2.24, 2.45) is 0 Å². The molecular formula is C53H35N3Si. The van der Waals surface area contributed by atoms with Crippen molar-refractivity contribution in [2.45, 2.75) is 6.42 Å². The second-order valence-corrected chi connectivity index (χ2v) is 19.0. The molecule has 2 aliphatic rings. The van der Waals surface area contributed by atoms with Crippen molar-refractivity contribution in [2.75, 3.05) is 0 Å². The van der Waals surface area contributed by atoms with Crippen molar-refractivity contribution in [3.05, 3.63) is 211 Å². The Morgan fingerprint density at radius 3 is 1.70 bits per heavy atom. The SMILES string of the molecule is c1ccc(-c2nc(-c3ccc4c(c3)[Si](c3ccccc3)(c3ccccc3)c3ccccc3-4)c3c(n2)-c2cc(-n4c5ccccc5c5ccccc54)ccc2C3)cc1. The van der Waals surface area contributed by atoms with E-state index < -0.39 is 8.07 Å². The van der Waals surface area contributed by atoms with Crippen LogP contribution in [0.2, 0.25) is 0 Å². The summed E-state index contributed by atoms with van der Waals surface area (Å²) in [5, 5.41) is 8.16. The van der Waals surface area contributed by atoms with Crippen molar-refractivity contribution < 1.29 is 0 Å². The molecule has 4 heteroatoms. The Morgan fingerprint density at radius 2 is 1.00 bits per heavy atom. The van der Waals surface area contributed by atoms with E-state index >= 15 is 0 Å². The molecule has 0 bridgehead atoms. The van der Waals surface area contributed by atoms with Crippen LogP contribution >= 0.6 is 0 Å². The fourth-order valence-corrected chi connectivity index (χ4v) is 15.1. The highest BCUT2D eigenvalue weighted by atomic mass is 28.3. The quantitative estimate of drug-likeness (QED) is 0.165. The first-order valence-corrected chi connectivity index (χ1v) is 21.7. The lowest BCUT2D eigenvalue weighted by molar-refractivity contribution is 1.13. The van der Waals surface area contributed by atoms with E-state index in [1.807, 2.05) is 0 Å². The topological polar surface area (TPSA) is 30.7 Å². The van der Waals surface area contributed by atoms with Crippen LogP contribution in [0.5, 0.6) is 0 Å². The molecule has 0 amide bonds. The molecule has 0 atom stereocenters. The molecule has 3 heterocycles. The highest BCUT2D eigenvalue weighted by molar-refractivity contribution is 7.22. The molecule has 12 rings (SSSR count). The third-order valence-corrected chi connectivity index (χ3v) is 17.2. The third kappa shape index (κ3) is 4.65.